The molecule has 2 rings (SSSR count). The fraction of sp³-hybridized carbons (Fsp3) is 0.312. The van der Waals surface area contributed by atoms with E-state index in [-0.39, 0.29) is 28.0 Å². The van der Waals surface area contributed by atoms with Gasteiger partial charge in [0.2, 0.25) is 0 Å². The van der Waals surface area contributed by atoms with Gasteiger partial charge in [0.25, 0.3) is 10.0 Å². The first-order valence-electron chi connectivity index (χ1n) is 7.57. The van der Waals surface area contributed by atoms with Gasteiger partial charge in [-0.15, -0.1) is 0 Å². The fourth-order valence-electron chi connectivity index (χ4n) is 2.20. The zero-order valence-electron chi connectivity index (χ0n) is 14.0. The molecule has 148 valence electrons. The van der Waals surface area contributed by atoms with E-state index in [0.29, 0.717) is 10.6 Å². The van der Waals surface area contributed by atoms with Gasteiger partial charge in [0.05, 0.1) is 30.4 Å². The molecule has 0 bridgehead atoms. The van der Waals surface area contributed by atoms with E-state index in [4.69, 9.17) is 27.9 Å². The Bertz CT molecular complexity index is 898. The predicted molar refractivity (Wildman–Crippen MR) is 96.6 cm³/mol. The number of sulfonamides is 1. The lowest BCUT2D eigenvalue weighted by Gasteiger charge is -2.13. The quantitative estimate of drug-likeness (QED) is 0.614. The number of nitrogens with zero attached hydrogens (tertiary/aromatic N) is 1. The van der Waals surface area contributed by atoms with Crippen LogP contribution in [0, 0.1) is 6.92 Å². The van der Waals surface area contributed by atoms with Crippen LogP contribution >= 0.6 is 23.2 Å². The van der Waals surface area contributed by atoms with Crippen molar-refractivity contribution in [1.29, 1.82) is 0 Å². The molecule has 27 heavy (non-hydrogen) atoms. The Balaban J connectivity index is 2.11. The van der Waals surface area contributed by atoms with Crippen LogP contribution in [-0.4, -0.2) is 26.2 Å². The van der Waals surface area contributed by atoms with E-state index in [1.165, 1.54) is 30.3 Å². The maximum Gasteiger partial charge on any atom is 0.391 e. The number of halogens is 5. The highest BCUT2D eigenvalue weighted by molar-refractivity contribution is 7.92. The molecule has 1 aromatic heterocycles. The first kappa shape index (κ1) is 21.7. The zero-order valence-corrected chi connectivity index (χ0v) is 16.3. The molecule has 0 fully saturated rings. The van der Waals surface area contributed by atoms with Crippen LogP contribution in [0.5, 0.6) is 0 Å². The fourth-order valence-corrected chi connectivity index (χ4v) is 4.39. The lowest BCUT2D eigenvalue weighted by atomic mass is 10.2. The van der Waals surface area contributed by atoms with Crippen LogP contribution in [0.1, 0.15) is 17.7 Å². The maximum absolute atomic E-state index is 12.6. The summed E-state index contributed by atoms with van der Waals surface area (Å²) in [5, 5.41) is 0.256. The van der Waals surface area contributed by atoms with Crippen molar-refractivity contribution < 1.29 is 26.3 Å². The summed E-state index contributed by atoms with van der Waals surface area (Å²) in [6.07, 6.45) is -5.38. The molecule has 0 saturated carbocycles. The number of hydrogen-bond acceptors (Lipinski definition) is 4. The monoisotopic (exact) mass is 442 g/mol. The van der Waals surface area contributed by atoms with Crippen LogP contribution in [0.25, 0.3) is 0 Å². The molecular formula is C16H15Cl2F3N2O3S. The molecule has 0 amide bonds. The van der Waals surface area contributed by atoms with Crippen molar-refractivity contribution in [2.75, 3.05) is 11.3 Å². The van der Waals surface area contributed by atoms with Crippen molar-refractivity contribution in [2.45, 2.75) is 31.0 Å². The number of nitrogens with one attached hydrogen (secondary N) is 1. The van der Waals surface area contributed by atoms with Crippen LogP contribution < -0.4 is 4.72 Å². The number of benzene rings is 1. The van der Waals surface area contributed by atoms with Crippen LogP contribution in [0.4, 0.5) is 19.0 Å². The second-order valence-corrected chi connectivity index (χ2v) is 8.03. The van der Waals surface area contributed by atoms with Gasteiger partial charge in [0.1, 0.15) is 10.7 Å². The van der Waals surface area contributed by atoms with E-state index < -0.39 is 29.2 Å². The highest BCUT2D eigenvalue weighted by Gasteiger charge is 2.26. The summed E-state index contributed by atoms with van der Waals surface area (Å²) < 4.78 is 68.7. The van der Waals surface area contributed by atoms with E-state index in [0.717, 1.165) is 0 Å². The number of anilines is 1. The third-order valence-electron chi connectivity index (χ3n) is 3.29. The maximum atomic E-state index is 12.6. The van der Waals surface area contributed by atoms with Crippen LogP contribution in [0.2, 0.25) is 10.0 Å². The average Bonchev–Trinajstić information content (AvgIpc) is 2.49. The summed E-state index contributed by atoms with van der Waals surface area (Å²) in [6, 6.07) is 7.18. The second kappa shape index (κ2) is 8.64. The first-order valence-corrected chi connectivity index (χ1v) is 9.81. The van der Waals surface area contributed by atoms with Crippen molar-refractivity contribution in [3.05, 3.63) is 51.6 Å². The molecule has 2 aromatic rings. The molecule has 11 heteroatoms. The summed E-state index contributed by atoms with van der Waals surface area (Å²) in [6.45, 7) is 0.845. The Labute approximate surface area is 164 Å². The van der Waals surface area contributed by atoms with Crippen LogP contribution in [-0.2, 0) is 21.4 Å². The minimum Gasteiger partial charge on any atom is -0.375 e. The van der Waals surface area contributed by atoms with Gasteiger partial charge in [-0.2, -0.15) is 13.2 Å². The number of hydrogen-bond donors (Lipinski definition) is 1. The van der Waals surface area contributed by atoms with Crippen molar-refractivity contribution >= 4 is 39.0 Å². The van der Waals surface area contributed by atoms with Crippen LogP contribution in [0.3, 0.4) is 0 Å². The molecule has 1 aromatic carbocycles. The largest absolute Gasteiger partial charge is 0.391 e. The van der Waals surface area contributed by atoms with E-state index in [9.17, 15) is 21.6 Å². The number of ether oxygens (including phenoxy) is 1. The number of alkyl halides is 3. The van der Waals surface area contributed by atoms with Gasteiger partial charge in [0.15, 0.2) is 0 Å². The minimum atomic E-state index is -4.30. The molecule has 0 atom stereocenters. The topological polar surface area (TPSA) is 68.3 Å². The highest BCUT2D eigenvalue weighted by atomic mass is 35.5. The van der Waals surface area contributed by atoms with Crippen molar-refractivity contribution in [3.8, 4) is 0 Å². The Hall–Kier alpha value is -1.55. The van der Waals surface area contributed by atoms with Gasteiger partial charge in [0, 0.05) is 5.02 Å². The third-order valence-corrected chi connectivity index (χ3v) is 5.47. The predicted octanol–water partition coefficient (Wildman–Crippen LogP) is 4.97. The highest BCUT2D eigenvalue weighted by Crippen LogP contribution is 2.30. The smallest absolute Gasteiger partial charge is 0.375 e. The summed E-state index contributed by atoms with van der Waals surface area (Å²) in [5.74, 6) is -0.0164. The molecule has 0 aliphatic rings. The normalized spacial score (nSPS) is 12.2. The number of pyridine rings is 1. The van der Waals surface area contributed by atoms with Gasteiger partial charge in [-0.3, -0.25) is 4.72 Å². The SMILES string of the molecule is Cc1cc(Cl)cc(Cl)c1S(=O)(=O)Nc1cccc(COCCC(F)(F)F)n1. The first-order chi connectivity index (χ1) is 12.5. The van der Waals surface area contributed by atoms with Crippen molar-refractivity contribution in [2.24, 2.45) is 0 Å². The summed E-state index contributed by atoms with van der Waals surface area (Å²) >= 11 is 11.8. The molecule has 0 unspecified atom stereocenters. The standard InChI is InChI=1S/C16H15Cl2F3N2O3S/c1-10-7-11(17)8-13(18)15(10)27(24,25)23-14-4-2-3-12(22-14)9-26-6-5-16(19,20)21/h2-4,7-8H,5-6,9H2,1H3,(H,22,23). The van der Waals surface area contributed by atoms with Gasteiger partial charge in [-0.05, 0) is 36.8 Å². The Morgan fingerprint density at radius 1 is 1.22 bits per heavy atom. The van der Waals surface area contributed by atoms with E-state index in [1.807, 2.05) is 0 Å². The molecule has 0 aliphatic carbocycles. The number of aromatic nitrogens is 1. The third kappa shape index (κ3) is 6.53. The minimum absolute atomic E-state index is 0.0164. The molecule has 0 radical (unpaired) electrons. The number of rotatable bonds is 7. The Morgan fingerprint density at radius 3 is 2.56 bits per heavy atom. The Kier molecular flexibility index (Phi) is 6.96. The molecular weight excluding hydrogens is 428 g/mol. The molecule has 0 aliphatic heterocycles. The Morgan fingerprint density at radius 2 is 1.93 bits per heavy atom. The molecule has 1 heterocycles. The van der Waals surface area contributed by atoms with Crippen LogP contribution in [0.15, 0.2) is 35.2 Å². The molecule has 0 spiro atoms. The van der Waals surface area contributed by atoms with Gasteiger partial charge in [-0.1, -0.05) is 29.3 Å². The van der Waals surface area contributed by atoms with Gasteiger partial charge in [-0.25, -0.2) is 13.4 Å². The molecule has 1 N–H and O–H groups in total. The summed E-state index contributed by atoms with van der Waals surface area (Å²) in [4.78, 5) is 3.89. The van der Waals surface area contributed by atoms with Gasteiger partial charge >= 0.3 is 6.18 Å². The number of aryl methyl sites for hydroxylation is 1. The molecule has 0 saturated heterocycles. The van der Waals surface area contributed by atoms with E-state index in [2.05, 4.69) is 9.71 Å². The molecule has 5 nitrogen and oxygen atoms in total. The summed E-state index contributed by atoms with van der Waals surface area (Å²) in [7, 11) is -4.05. The van der Waals surface area contributed by atoms with Gasteiger partial charge < -0.3 is 4.74 Å². The lowest BCUT2D eigenvalue weighted by molar-refractivity contribution is -0.146. The van der Waals surface area contributed by atoms with Crippen molar-refractivity contribution in [1.82, 2.24) is 4.98 Å². The van der Waals surface area contributed by atoms with E-state index >= 15 is 0 Å². The van der Waals surface area contributed by atoms with E-state index in [1.54, 1.807) is 6.92 Å². The van der Waals surface area contributed by atoms with Crippen molar-refractivity contribution in [3.63, 3.8) is 0 Å². The lowest BCUT2D eigenvalue weighted by Crippen LogP contribution is -2.16. The average molecular weight is 443 g/mol. The summed E-state index contributed by atoms with van der Waals surface area (Å²) in [5.41, 5.74) is 0.628. The second-order valence-electron chi connectivity index (χ2n) is 5.57. The zero-order chi connectivity index (χ0) is 20.2.